The molecule has 0 saturated heterocycles. The molecular formula is C10H12N2O4S. The highest BCUT2D eigenvalue weighted by Crippen LogP contribution is 2.20. The Hall–Kier alpha value is -1.89. The smallest absolute Gasteiger partial charge is 0.407 e. The van der Waals surface area contributed by atoms with E-state index in [1.807, 2.05) is 0 Å². The predicted molar refractivity (Wildman–Crippen MR) is 61.8 cm³/mol. The number of aromatic nitrogens is 1. The van der Waals surface area contributed by atoms with Crippen LogP contribution in [0, 0.1) is 0 Å². The summed E-state index contributed by atoms with van der Waals surface area (Å²) in [6, 6.07) is -0.627. The van der Waals surface area contributed by atoms with Crippen LogP contribution in [0.25, 0.3) is 0 Å². The van der Waals surface area contributed by atoms with Gasteiger partial charge in [-0.1, -0.05) is 12.7 Å². The lowest BCUT2D eigenvalue weighted by atomic mass is 10.2. The van der Waals surface area contributed by atoms with Crippen LogP contribution in [0.4, 0.5) is 4.79 Å². The average molecular weight is 256 g/mol. The third-order valence-electron chi connectivity index (χ3n) is 1.80. The van der Waals surface area contributed by atoms with Gasteiger partial charge in [0, 0.05) is 11.1 Å². The zero-order valence-corrected chi connectivity index (χ0v) is 9.77. The summed E-state index contributed by atoms with van der Waals surface area (Å²) in [6.07, 6.45) is 2.06. The number of hydrogen-bond donors (Lipinski definition) is 2. The van der Waals surface area contributed by atoms with Crippen LogP contribution >= 0.6 is 11.3 Å². The van der Waals surface area contributed by atoms with Gasteiger partial charge in [-0.15, -0.1) is 11.3 Å². The van der Waals surface area contributed by atoms with Gasteiger partial charge in [-0.25, -0.2) is 4.79 Å². The minimum absolute atomic E-state index is 0.0777. The zero-order chi connectivity index (χ0) is 12.7. The number of nitrogens with one attached hydrogen (secondary N) is 1. The van der Waals surface area contributed by atoms with Gasteiger partial charge < -0.3 is 15.2 Å². The van der Waals surface area contributed by atoms with E-state index < -0.39 is 18.1 Å². The number of carbonyl (C=O) groups excluding carboxylic acids is 1. The molecule has 0 aliphatic heterocycles. The fraction of sp³-hybridized carbons (Fsp3) is 0.300. The average Bonchev–Trinajstić information content (AvgIpc) is 2.78. The van der Waals surface area contributed by atoms with Gasteiger partial charge in [-0.05, 0) is 0 Å². The lowest BCUT2D eigenvalue weighted by Gasteiger charge is -2.14. The Balaban J connectivity index is 2.61. The van der Waals surface area contributed by atoms with Crippen LogP contribution in [-0.2, 0) is 9.53 Å². The molecule has 0 radical (unpaired) electrons. The number of hydrogen-bond acceptors (Lipinski definition) is 5. The lowest BCUT2D eigenvalue weighted by molar-refractivity contribution is -0.137. The van der Waals surface area contributed by atoms with Crippen molar-refractivity contribution in [3.05, 3.63) is 29.2 Å². The van der Waals surface area contributed by atoms with Crippen LogP contribution < -0.4 is 5.32 Å². The highest BCUT2D eigenvalue weighted by molar-refractivity contribution is 7.09. The Morgan fingerprint density at radius 3 is 3.00 bits per heavy atom. The van der Waals surface area contributed by atoms with Gasteiger partial charge in [-0.2, -0.15) is 0 Å². The third kappa shape index (κ3) is 4.64. The fourth-order valence-corrected chi connectivity index (χ4v) is 1.79. The topological polar surface area (TPSA) is 88.5 Å². The molecule has 1 heterocycles. The molecule has 0 fully saturated rings. The summed E-state index contributed by atoms with van der Waals surface area (Å²) in [7, 11) is 0. The second-order valence-corrected chi connectivity index (χ2v) is 4.00. The van der Waals surface area contributed by atoms with Crippen molar-refractivity contribution in [2.24, 2.45) is 0 Å². The Morgan fingerprint density at radius 2 is 2.47 bits per heavy atom. The molecule has 1 unspecified atom stereocenters. The van der Waals surface area contributed by atoms with E-state index in [0.717, 1.165) is 0 Å². The van der Waals surface area contributed by atoms with Crippen LogP contribution in [0.2, 0.25) is 0 Å². The number of thiazole rings is 1. The van der Waals surface area contributed by atoms with E-state index in [2.05, 4.69) is 16.9 Å². The first kappa shape index (κ1) is 13.2. The number of amides is 1. The van der Waals surface area contributed by atoms with Gasteiger partial charge in [0.1, 0.15) is 6.61 Å². The SMILES string of the molecule is C=CCOC(=O)NC(CC(=O)O)c1cncs1. The molecule has 0 aliphatic carbocycles. The number of carboxylic acids is 1. The maximum atomic E-state index is 11.3. The molecule has 1 aromatic rings. The molecule has 7 heteroatoms. The Kier molecular flexibility index (Phi) is 5.15. The number of ether oxygens (including phenoxy) is 1. The number of carboxylic acid groups (broad SMARTS) is 1. The minimum atomic E-state index is -1.01. The van der Waals surface area contributed by atoms with E-state index in [1.165, 1.54) is 23.6 Å². The van der Waals surface area contributed by atoms with E-state index in [1.54, 1.807) is 5.51 Å². The molecule has 0 aliphatic rings. The van der Waals surface area contributed by atoms with Crippen molar-refractivity contribution in [3.8, 4) is 0 Å². The van der Waals surface area contributed by atoms with Crippen LogP contribution in [-0.4, -0.2) is 28.8 Å². The van der Waals surface area contributed by atoms with E-state index >= 15 is 0 Å². The highest BCUT2D eigenvalue weighted by atomic mass is 32.1. The standard InChI is InChI=1S/C10H12N2O4S/c1-2-3-16-10(15)12-7(4-9(13)14)8-5-11-6-17-8/h2,5-7H,1,3-4H2,(H,12,15)(H,13,14). The summed E-state index contributed by atoms with van der Waals surface area (Å²) in [4.78, 5) is 26.5. The van der Waals surface area contributed by atoms with Crippen molar-refractivity contribution in [2.45, 2.75) is 12.5 Å². The molecular weight excluding hydrogens is 244 g/mol. The van der Waals surface area contributed by atoms with Gasteiger partial charge in [0.15, 0.2) is 0 Å². The monoisotopic (exact) mass is 256 g/mol. The lowest BCUT2D eigenvalue weighted by Crippen LogP contribution is -2.30. The molecule has 0 spiro atoms. The summed E-state index contributed by atoms with van der Waals surface area (Å²) in [5.41, 5.74) is 1.57. The fourth-order valence-electron chi connectivity index (χ4n) is 1.11. The largest absolute Gasteiger partial charge is 0.481 e. The molecule has 0 bridgehead atoms. The summed E-state index contributed by atoms with van der Waals surface area (Å²) < 4.78 is 4.72. The van der Waals surface area contributed by atoms with Gasteiger partial charge in [-0.3, -0.25) is 9.78 Å². The van der Waals surface area contributed by atoms with E-state index in [9.17, 15) is 9.59 Å². The van der Waals surface area contributed by atoms with Gasteiger partial charge >= 0.3 is 12.1 Å². The summed E-state index contributed by atoms with van der Waals surface area (Å²) >= 11 is 1.27. The minimum Gasteiger partial charge on any atom is -0.481 e. The van der Waals surface area contributed by atoms with E-state index in [4.69, 9.17) is 9.84 Å². The first-order chi connectivity index (χ1) is 8.13. The molecule has 1 amide bonds. The van der Waals surface area contributed by atoms with Gasteiger partial charge in [0.2, 0.25) is 0 Å². The van der Waals surface area contributed by atoms with Crippen LogP contribution in [0.15, 0.2) is 24.4 Å². The van der Waals surface area contributed by atoms with Crippen molar-refractivity contribution in [1.29, 1.82) is 0 Å². The van der Waals surface area contributed by atoms with Crippen LogP contribution in [0.5, 0.6) is 0 Å². The number of rotatable bonds is 6. The molecule has 1 rings (SSSR count). The normalized spacial score (nSPS) is 11.5. The molecule has 1 atom stereocenters. The Bertz CT molecular complexity index is 391. The van der Waals surface area contributed by atoms with Crippen molar-refractivity contribution in [2.75, 3.05) is 6.61 Å². The molecule has 17 heavy (non-hydrogen) atoms. The number of aliphatic carboxylic acids is 1. The summed E-state index contributed by atoms with van der Waals surface area (Å²) in [5.74, 6) is -1.01. The Labute approximate surface area is 102 Å². The van der Waals surface area contributed by atoms with E-state index in [-0.39, 0.29) is 13.0 Å². The molecule has 2 N–H and O–H groups in total. The second kappa shape index (κ2) is 6.64. The summed E-state index contributed by atoms with van der Waals surface area (Å²) in [6.45, 7) is 3.48. The van der Waals surface area contributed by atoms with Crippen molar-refractivity contribution >= 4 is 23.4 Å². The van der Waals surface area contributed by atoms with Crippen molar-refractivity contribution < 1.29 is 19.4 Å². The Morgan fingerprint density at radius 1 is 1.71 bits per heavy atom. The molecule has 1 aromatic heterocycles. The predicted octanol–water partition coefficient (Wildman–Crippen LogP) is 1.57. The third-order valence-corrected chi connectivity index (χ3v) is 2.69. The van der Waals surface area contributed by atoms with Crippen molar-refractivity contribution in [3.63, 3.8) is 0 Å². The molecule has 6 nitrogen and oxygen atoms in total. The maximum absolute atomic E-state index is 11.3. The highest BCUT2D eigenvalue weighted by Gasteiger charge is 2.19. The first-order valence-electron chi connectivity index (χ1n) is 4.78. The number of nitrogens with zero attached hydrogens (tertiary/aromatic N) is 1. The molecule has 92 valence electrons. The molecule has 0 saturated carbocycles. The maximum Gasteiger partial charge on any atom is 0.407 e. The zero-order valence-electron chi connectivity index (χ0n) is 8.96. The molecule has 0 aromatic carbocycles. The van der Waals surface area contributed by atoms with Crippen molar-refractivity contribution in [1.82, 2.24) is 10.3 Å². The quantitative estimate of drug-likeness (QED) is 0.754. The van der Waals surface area contributed by atoms with E-state index in [0.29, 0.717) is 4.88 Å². The van der Waals surface area contributed by atoms with Crippen LogP contribution in [0.1, 0.15) is 17.3 Å². The van der Waals surface area contributed by atoms with Gasteiger partial charge in [0.25, 0.3) is 0 Å². The second-order valence-electron chi connectivity index (χ2n) is 3.09. The first-order valence-corrected chi connectivity index (χ1v) is 5.65. The summed E-state index contributed by atoms with van der Waals surface area (Å²) in [5, 5.41) is 11.2. The van der Waals surface area contributed by atoms with Gasteiger partial charge in [0.05, 0.1) is 18.0 Å². The number of carbonyl (C=O) groups is 2. The number of alkyl carbamates (subject to hydrolysis) is 1. The van der Waals surface area contributed by atoms with Crippen LogP contribution in [0.3, 0.4) is 0 Å².